The second kappa shape index (κ2) is 4.60. The first-order valence-electron chi connectivity index (χ1n) is 7.39. The topological polar surface area (TPSA) is 43.3 Å². The zero-order valence-corrected chi connectivity index (χ0v) is 12.7. The van der Waals surface area contributed by atoms with Crippen LogP contribution in [0.2, 0.25) is 0 Å². The summed E-state index contributed by atoms with van der Waals surface area (Å²) in [6, 6.07) is 18.7. The van der Waals surface area contributed by atoms with E-state index in [2.05, 4.69) is 44.2 Å². The third kappa shape index (κ3) is 1.72. The molecule has 2 aromatic carbocycles. The largest absolute Gasteiger partial charge is 0.383 e. The number of rotatable bonds is 1. The number of nitrogen functional groups attached to an aromatic ring is 1. The summed E-state index contributed by atoms with van der Waals surface area (Å²) in [6.45, 7) is 4.16. The molecule has 0 spiro atoms. The number of aryl methyl sites for hydroxylation is 2. The van der Waals surface area contributed by atoms with E-state index in [9.17, 15) is 0 Å². The predicted octanol–water partition coefficient (Wildman–Crippen LogP) is 4.35. The number of nitrogens with two attached hydrogens (primary N) is 1. The van der Waals surface area contributed by atoms with Crippen LogP contribution in [0, 0.1) is 13.8 Å². The summed E-state index contributed by atoms with van der Waals surface area (Å²) < 4.78 is 2.05. The number of nitrogens with zero attached hydrogens (tertiary/aromatic N) is 2. The average molecular weight is 287 g/mol. The molecule has 0 bridgehead atoms. The lowest BCUT2D eigenvalue weighted by Gasteiger charge is -2.06. The van der Waals surface area contributed by atoms with Gasteiger partial charge < -0.3 is 5.73 Å². The van der Waals surface area contributed by atoms with Crippen molar-refractivity contribution in [3.63, 3.8) is 0 Å². The molecule has 0 radical (unpaired) electrons. The Balaban J connectivity index is 2.15. The Bertz CT molecular complexity index is 1010. The summed E-state index contributed by atoms with van der Waals surface area (Å²) in [4.78, 5) is 4.87. The normalized spacial score (nSPS) is 11.4. The maximum Gasteiger partial charge on any atom is 0.147 e. The highest BCUT2D eigenvalue weighted by Gasteiger charge is 2.16. The van der Waals surface area contributed by atoms with Crippen molar-refractivity contribution in [2.45, 2.75) is 13.8 Å². The van der Waals surface area contributed by atoms with Crippen LogP contribution in [0.3, 0.4) is 0 Å². The Morgan fingerprint density at radius 3 is 2.50 bits per heavy atom. The van der Waals surface area contributed by atoms with Gasteiger partial charge in [0.05, 0.1) is 0 Å². The molecular weight excluding hydrogens is 270 g/mol. The van der Waals surface area contributed by atoms with Gasteiger partial charge >= 0.3 is 0 Å². The number of benzene rings is 2. The third-order valence-corrected chi connectivity index (χ3v) is 4.23. The Labute approximate surface area is 129 Å². The number of hydrogen-bond acceptors (Lipinski definition) is 2. The number of fused-ring (bicyclic) bond motifs is 3. The molecular formula is C19H17N3. The van der Waals surface area contributed by atoms with Gasteiger partial charge in [0, 0.05) is 16.6 Å². The molecule has 0 aliphatic heterocycles. The van der Waals surface area contributed by atoms with Crippen LogP contribution in [-0.2, 0) is 0 Å². The Morgan fingerprint density at radius 1 is 0.955 bits per heavy atom. The molecule has 3 nitrogen and oxygen atoms in total. The fourth-order valence-electron chi connectivity index (χ4n) is 3.12. The van der Waals surface area contributed by atoms with Crippen LogP contribution < -0.4 is 5.73 Å². The van der Waals surface area contributed by atoms with Crippen LogP contribution in [0.4, 0.5) is 5.82 Å². The van der Waals surface area contributed by atoms with Crippen molar-refractivity contribution in [2.75, 3.05) is 5.73 Å². The Morgan fingerprint density at radius 2 is 1.68 bits per heavy atom. The van der Waals surface area contributed by atoms with Crippen molar-refractivity contribution in [2.24, 2.45) is 0 Å². The van der Waals surface area contributed by atoms with E-state index in [1.165, 1.54) is 10.9 Å². The number of pyridine rings is 1. The third-order valence-electron chi connectivity index (χ3n) is 4.23. The van der Waals surface area contributed by atoms with E-state index in [4.69, 9.17) is 10.7 Å². The van der Waals surface area contributed by atoms with Crippen molar-refractivity contribution in [1.29, 1.82) is 0 Å². The van der Waals surface area contributed by atoms with Gasteiger partial charge in [-0.25, -0.2) is 4.98 Å². The lowest BCUT2D eigenvalue weighted by Crippen LogP contribution is -1.98. The zero-order chi connectivity index (χ0) is 15.3. The minimum Gasteiger partial charge on any atom is -0.383 e. The van der Waals surface area contributed by atoms with Crippen LogP contribution in [0.5, 0.6) is 0 Å². The van der Waals surface area contributed by atoms with E-state index in [-0.39, 0.29) is 0 Å². The smallest absolute Gasteiger partial charge is 0.147 e. The number of anilines is 1. The molecule has 0 atom stereocenters. The molecule has 0 unspecified atom stereocenters. The summed E-state index contributed by atoms with van der Waals surface area (Å²) in [5.74, 6) is 0.701. The summed E-state index contributed by atoms with van der Waals surface area (Å²) >= 11 is 0. The summed E-state index contributed by atoms with van der Waals surface area (Å²) in [5, 5.41) is 2.31. The van der Waals surface area contributed by atoms with E-state index in [0.717, 1.165) is 28.0 Å². The molecule has 3 heteroatoms. The minimum atomic E-state index is 0.701. The Kier molecular flexibility index (Phi) is 2.70. The van der Waals surface area contributed by atoms with Crippen molar-refractivity contribution in [3.8, 4) is 11.3 Å². The summed E-state index contributed by atoms with van der Waals surface area (Å²) in [7, 11) is 0. The molecule has 4 rings (SSSR count). The second-order valence-electron chi connectivity index (χ2n) is 5.69. The van der Waals surface area contributed by atoms with Gasteiger partial charge in [0.1, 0.15) is 17.2 Å². The highest BCUT2D eigenvalue weighted by molar-refractivity contribution is 5.97. The second-order valence-corrected chi connectivity index (χ2v) is 5.69. The van der Waals surface area contributed by atoms with Crippen molar-refractivity contribution >= 4 is 22.2 Å². The quantitative estimate of drug-likeness (QED) is 0.565. The minimum absolute atomic E-state index is 0.701. The Hall–Kier alpha value is -2.81. The molecule has 4 aromatic rings. The average Bonchev–Trinajstić information content (AvgIpc) is 2.86. The van der Waals surface area contributed by atoms with Crippen LogP contribution in [0.1, 0.15) is 11.3 Å². The molecule has 0 aliphatic carbocycles. The van der Waals surface area contributed by atoms with Crippen LogP contribution in [0.25, 0.3) is 27.7 Å². The van der Waals surface area contributed by atoms with Gasteiger partial charge in [0.25, 0.3) is 0 Å². The molecule has 0 fully saturated rings. The van der Waals surface area contributed by atoms with Gasteiger partial charge in [0.2, 0.25) is 0 Å². The monoisotopic (exact) mass is 287 g/mol. The predicted molar refractivity (Wildman–Crippen MR) is 92.0 cm³/mol. The van der Waals surface area contributed by atoms with Crippen LogP contribution in [-0.4, -0.2) is 9.38 Å². The summed E-state index contributed by atoms with van der Waals surface area (Å²) in [5.41, 5.74) is 11.6. The maximum absolute atomic E-state index is 6.43. The number of imidazole rings is 1. The van der Waals surface area contributed by atoms with Gasteiger partial charge in [-0.1, -0.05) is 48.5 Å². The van der Waals surface area contributed by atoms with E-state index in [1.807, 2.05) is 28.7 Å². The zero-order valence-electron chi connectivity index (χ0n) is 12.7. The van der Waals surface area contributed by atoms with Crippen molar-refractivity contribution in [3.05, 3.63) is 65.9 Å². The highest BCUT2D eigenvalue weighted by Crippen LogP contribution is 2.32. The molecule has 22 heavy (non-hydrogen) atoms. The molecule has 0 saturated heterocycles. The van der Waals surface area contributed by atoms with Gasteiger partial charge in [-0.15, -0.1) is 0 Å². The van der Waals surface area contributed by atoms with E-state index in [0.29, 0.717) is 5.82 Å². The van der Waals surface area contributed by atoms with Gasteiger partial charge in [-0.2, -0.15) is 0 Å². The molecule has 2 heterocycles. The molecule has 2 N–H and O–H groups in total. The molecule has 0 amide bonds. The van der Waals surface area contributed by atoms with Crippen molar-refractivity contribution in [1.82, 2.24) is 9.38 Å². The highest BCUT2D eigenvalue weighted by atomic mass is 15.1. The summed E-state index contributed by atoms with van der Waals surface area (Å²) in [6.07, 6.45) is 0. The van der Waals surface area contributed by atoms with Crippen molar-refractivity contribution < 1.29 is 0 Å². The first kappa shape index (κ1) is 12.9. The molecule has 0 saturated carbocycles. The number of aromatic nitrogens is 2. The SMILES string of the molecule is Cc1ccccc1-c1nc2c3ccccc3cc(C)n2c1N. The van der Waals surface area contributed by atoms with Gasteiger partial charge in [0.15, 0.2) is 0 Å². The van der Waals surface area contributed by atoms with Gasteiger partial charge in [-0.05, 0) is 30.9 Å². The molecule has 0 aliphatic rings. The maximum atomic E-state index is 6.43. The first-order valence-corrected chi connectivity index (χ1v) is 7.39. The fourth-order valence-corrected chi connectivity index (χ4v) is 3.12. The van der Waals surface area contributed by atoms with E-state index >= 15 is 0 Å². The lowest BCUT2D eigenvalue weighted by molar-refractivity contribution is 1.12. The lowest BCUT2D eigenvalue weighted by atomic mass is 10.1. The number of hydrogen-bond donors (Lipinski definition) is 1. The standard InChI is InChI=1S/C19H17N3/c1-12-7-3-5-9-15(12)17-18(20)22-13(2)11-14-8-4-6-10-16(14)19(22)21-17/h3-11H,20H2,1-2H3. The molecule has 2 aromatic heterocycles. The van der Waals surface area contributed by atoms with Gasteiger partial charge in [-0.3, -0.25) is 4.40 Å². The molecule has 108 valence electrons. The van der Waals surface area contributed by atoms with E-state index in [1.54, 1.807) is 0 Å². The first-order chi connectivity index (χ1) is 10.7. The fraction of sp³-hybridized carbons (Fsp3) is 0.105. The van der Waals surface area contributed by atoms with Crippen LogP contribution in [0.15, 0.2) is 54.6 Å². The van der Waals surface area contributed by atoms with E-state index < -0.39 is 0 Å². The van der Waals surface area contributed by atoms with Crippen LogP contribution >= 0.6 is 0 Å².